The van der Waals surface area contributed by atoms with Crippen LogP contribution in [0.1, 0.15) is 24.5 Å². The lowest BCUT2D eigenvalue weighted by atomic mass is 10.1. The smallest absolute Gasteiger partial charge is 0.308 e. The number of carbonyl (C=O) groups is 2. The zero-order valence-corrected chi connectivity index (χ0v) is 13.0. The van der Waals surface area contributed by atoms with Crippen LogP contribution >= 0.6 is 0 Å². The quantitative estimate of drug-likeness (QED) is 0.837. The minimum Gasteiger partial charge on any atom is -0.493 e. The lowest BCUT2D eigenvalue weighted by molar-refractivity contribution is -0.142. The van der Waals surface area contributed by atoms with Gasteiger partial charge in [-0.25, -0.2) is 0 Å². The van der Waals surface area contributed by atoms with Crippen LogP contribution < -0.4 is 4.74 Å². The van der Waals surface area contributed by atoms with Crippen LogP contribution in [0.25, 0.3) is 0 Å². The second-order valence-corrected chi connectivity index (χ2v) is 5.38. The van der Waals surface area contributed by atoms with Gasteiger partial charge in [-0.15, -0.1) is 0 Å². The molecule has 1 rings (SSSR count). The third kappa shape index (κ3) is 5.45. The van der Waals surface area contributed by atoms with Crippen molar-refractivity contribution in [2.45, 2.75) is 27.2 Å². The van der Waals surface area contributed by atoms with E-state index in [1.54, 1.807) is 14.0 Å². The first-order valence-electron chi connectivity index (χ1n) is 6.98. The van der Waals surface area contributed by atoms with Crippen molar-refractivity contribution in [3.8, 4) is 5.75 Å². The summed E-state index contributed by atoms with van der Waals surface area (Å²) in [5, 5.41) is 8.83. The maximum Gasteiger partial charge on any atom is 0.308 e. The molecule has 1 aromatic carbocycles. The van der Waals surface area contributed by atoms with Crippen LogP contribution in [0.15, 0.2) is 18.2 Å². The molecule has 1 amide bonds. The Balaban J connectivity index is 2.43. The molecule has 5 heteroatoms. The first kappa shape index (κ1) is 17.0. The maximum atomic E-state index is 11.9. The Morgan fingerprint density at radius 1 is 1.33 bits per heavy atom. The van der Waals surface area contributed by atoms with E-state index in [1.807, 2.05) is 32.0 Å². The summed E-state index contributed by atoms with van der Waals surface area (Å²) >= 11 is 0. The van der Waals surface area contributed by atoms with Crippen LogP contribution in [0.5, 0.6) is 5.75 Å². The normalized spacial score (nSPS) is 11.8. The predicted molar refractivity (Wildman–Crippen MR) is 80.5 cm³/mol. The SMILES string of the molecule is Cc1ccc(C)c(OCCC(=O)N(C)CC(C)C(=O)O)c1. The average molecular weight is 293 g/mol. The molecule has 1 aromatic rings. The zero-order valence-electron chi connectivity index (χ0n) is 13.0. The van der Waals surface area contributed by atoms with E-state index in [9.17, 15) is 9.59 Å². The van der Waals surface area contributed by atoms with Gasteiger partial charge in [0.25, 0.3) is 0 Å². The second kappa shape index (κ2) is 7.67. The Morgan fingerprint density at radius 3 is 2.62 bits per heavy atom. The predicted octanol–water partition coefficient (Wildman–Crippen LogP) is 2.25. The van der Waals surface area contributed by atoms with Crippen molar-refractivity contribution in [3.05, 3.63) is 29.3 Å². The lowest BCUT2D eigenvalue weighted by Gasteiger charge is -2.19. The van der Waals surface area contributed by atoms with E-state index in [0.717, 1.165) is 16.9 Å². The molecule has 1 atom stereocenters. The highest BCUT2D eigenvalue weighted by molar-refractivity contribution is 5.77. The van der Waals surface area contributed by atoms with Crippen LogP contribution in [-0.4, -0.2) is 42.1 Å². The van der Waals surface area contributed by atoms with Gasteiger partial charge in [0, 0.05) is 13.6 Å². The van der Waals surface area contributed by atoms with Gasteiger partial charge in [-0.05, 0) is 31.0 Å². The van der Waals surface area contributed by atoms with E-state index in [1.165, 1.54) is 4.90 Å². The van der Waals surface area contributed by atoms with E-state index in [4.69, 9.17) is 9.84 Å². The molecule has 0 saturated heterocycles. The highest BCUT2D eigenvalue weighted by Gasteiger charge is 2.17. The summed E-state index contributed by atoms with van der Waals surface area (Å²) < 4.78 is 5.63. The number of hydrogen-bond acceptors (Lipinski definition) is 3. The third-order valence-corrected chi connectivity index (χ3v) is 3.31. The number of carboxylic acid groups (broad SMARTS) is 1. The fourth-order valence-corrected chi connectivity index (χ4v) is 1.89. The number of hydrogen-bond donors (Lipinski definition) is 1. The van der Waals surface area contributed by atoms with Crippen LogP contribution in [-0.2, 0) is 9.59 Å². The number of rotatable bonds is 7. The summed E-state index contributed by atoms with van der Waals surface area (Å²) in [6.45, 7) is 6.01. The van der Waals surface area contributed by atoms with Crippen LogP contribution in [0.2, 0.25) is 0 Å². The number of aliphatic carboxylic acids is 1. The second-order valence-electron chi connectivity index (χ2n) is 5.38. The van der Waals surface area contributed by atoms with Gasteiger partial charge in [0.05, 0.1) is 18.9 Å². The number of carboxylic acids is 1. The topological polar surface area (TPSA) is 66.8 Å². The average Bonchev–Trinajstić information content (AvgIpc) is 2.42. The molecule has 0 spiro atoms. The first-order chi connectivity index (χ1) is 9.81. The standard InChI is InChI=1S/C16H23NO4/c1-11-5-6-12(2)14(9-11)21-8-7-15(18)17(4)10-13(3)16(19)20/h5-6,9,13H,7-8,10H2,1-4H3,(H,19,20). The molecule has 0 radical (unpaired) electrons. The van der Waals surface area contributed by atoms with Crippen molar-refractivity contribution in [3.63, 3.8) is 0 Å². The minimum absolute atomic E-state index is 0.117. The van der Waals surface area contributed by atoms with Gasteiger partial charge in [-0.2, -0.15) is 0 Å². The third-order valence-electron chi connectivity index (χ3n) is 3.31. The Morgan fingerprint density at radius 2 is 2.00 bits per heavy atom. The Bertz CT molecular complexity index is 513. The molecule has 0 aliphatic heterocycles. The molecule has 21 heavy (non-hydrogen) atoms. The number of amides is 1. The largest absolute Gasteiger partial charge is 0.493 e. The number of ether oxygens (including phenoxy) is 1. The fraction of sp³-hybridized carbons (Fsp3) is 0.500. The Kier molecular flexibility index (Phi) is 6.21. The lowest BCUT2D eigenvalue weighted by Crippen LogP contribution is -2.34. The molecule has 0 aliphatic rings. The van der Waals surface area contributed by atoms with E-state index < -0.39 is 11.9 Å². The van der Waals surface area contributed by atoms with Gasteiger partial charge in [0.1, 0.15) is 5.75 Å². The molecule has 0 heterocycles. The molecule has 0 fully saturated rings. The molecule has 0 aliphatic carbocycles. The zero-order chi connectivity index (χ0) is 16.0. The summed E-state index contributed by atoms with van der Waals surface area (Å²) in [5.74, 6) is -0.807. The van der Waals surface area contributed by atoms with Crippen LogP contribution in [0.3, 0.4) is 0 Å². The summed E-state index contributed by atoms with van der Waals surface area (Å²) in [6.07, 6.45) is 0.232. The summed E-state index contributed by atoms with van der Waals surface area (Å²) in [5.41, 5.74) is 2.13. The number of carbonyl (C=O) groups excluding carboxylic acids is 1. The van der Waals surface area contributed by atoms with Crippen molar-refractivity contribution in [2.75, 3.05) is 20.2 Å². The van der Waals surface area contributed by atoms with E-state index in [0.29, 0.717) is 0 Å². The fourth-order valence-electron chi connectivity index (χ4n) is 1.89. The van der Waals surface area contributed by atoms with Gasteiger partial charge in [0.2, 0.25) is 5.91 Å². The number of aryl methyl sites for hydroxylation is 2. The molecule has 0 saturated carbocycles. The summed E-state index contributed by atoms with van der Waals surface area (Å²) in [4.78, 5) is 24.1. The van der Waals surface area contributed by atoms with Crippen molar-refractivity contribution in [1.29, 1.82) is 0 Å². The minimum atomic E-state index is -0.902. The molecular formula is C16H23NO4. The van der Waals surface area contributed by atoms with Crippen LogP contribution in [0, 0.1) is 19.8 Å². The molecule has 5 nitrogen and oxygen atoms in total. The first-order valence-corrected chi connectivity index (χ1v) is 6.98. The highest BCUT2D eigenvalue weighted by atomic mass is 16.5. The molecule has 116 valence electrons. The van der Waals surface area contributed by atoms with Crippen molar-refractivity contribution in [1.82, 2.24) is 4.90 Å². The van der Waals surface area contributed by atoms with Gasteiger partial charge in [-0.3, -0.25) is 9.59 Å². The van der Waals surface area contributed by atoms with E-state index >= 15 is 0 Å². The molecule has 1 N–H and O–H groups in total. The van der Waals surface area contributed by atoms with Crippen molar-refractivity contribution >= 4 is 11.9 Å². The van der Waals surface area contributed by atoms with Crippen LogP contribution in [0.4, 0.5) is 0 Å². The van der Waals surface area contributed by atoms with Gasteiger partial charge in [-0.1, -0.05) is 19.1 Å². The van der Waals surface area contributed by atoms with E-state index in [-0.39, 0.29) is 25.5 Å². The highest BCUT2D eigenvalue weighted by Crippen LogP contribution is 2.19. The molecule has 0 aromatic heterocycles. The van der Waals surface area contributed by atoms with Gasteiger partial charge >= 0.3 is 5.97 Å². The summed E-state index contributed by atoms with van der Waals surface area (Å²) in [7, 11) is 1.61. The molecular weight excluding hydrogens is 270 g/mol. The molecule has 1 unspecified atom stereocenters. The van der Waals surface area contributed by atoms with Gasteiger partial charge < -0.3 is 14.7 Å². The Hall–Kier alpha value is -2.04. The van der Waals surface area contributed by atoms with E-state index in [2.05, 4.69) is 0 Å². The van der Waals surface area contributed by atoms with Gasteiger partial charge in [0.15, 0.2) is 0 Å². The van der Waals surface area contributed by atoms with Crippen molar-refractivity contribution in [2.24, 2.45) is 5.92 Å². The Labute approximate surface area is 125 Å². The van der Waals surface area contributed by atoms with Crippen molar-refractivity contribution < 1.29 is 19.4 Å². The monoisotopic (exact) mass is 293 g/mol. The number of nitrogens with zero attached hydrogens (tertiary/aromatic N) is 1. The maximum absolute atomic E-state index is 11.9. The molecule has 0 bridgehead atoms. The summed E-state index contributed by atoms with van der Waals surface area (Å²) in [6, 6.07) is 5.93. The number of benzene rings is 1.